The second kappa shape index (κ2) is 3.48. The second-order valence-corrected chi connectivity index (χ2v) is 5.49. The van der Waals surface area contributed by atoms with Gasteiger partial charge in [0.05, 0.1) is 6.42 Å². The zero-order valence-electron chi connectivity index (χ0n) is 9.57. The Kier molecular flexibility index (Phi) is 2.53. The summed E-state index contributed by atoms with van der Waals surface area (Å²) in [7, 11) is 0. The van der Waals surface area contributed by atoms with Crippen LogP contribution < -0.4 is 5.73 Å². The predicted octanol–water partition coefficient (Wildman–Crippen LogP) is 1.72. The van der Waals surface area contributed by atoms with E-state index >= 15 is 0 Å². The van der Waals surface area contributed by atoms with Crippen LogP contribution >= 0.6 is 0 Å². The molecule has 5 atom stereocenters. The molecular formula is C12H21NO2. The van der Waals surface area contributed by atoms with Gasteiger partial charge in [-0.15, -0.1) is 0 Å². The van der Waals surface area contributed by atoms with Gasteiger partial charge in [0.2, 0.25) is 0 Å². The summed E-state index contributed by atoms with van der Waals surface area (Å²) in [6.07, 6.45) is 2.80. The van der Waals surface area contributed by atoms with Gasteiger partial charge >= 0.3 is 5.97 Å². The molecule has 0 spiro atoms. The number of hydrogen-bond acceptors (Lipinski definition) is 2. The predicted molar refractivity (Wildman–Crippen MR) is 58.3 cm³/mol. The molecule has 0 aliphatic heterocycles. The monoisotopic (exact) mass is 211 g/mol. The van der Waals surface area contributed by atoms with Gasteiger partial charge in [0, 0.05) is 0 Å². The molecule has 0 aromatic carbocycles. The maximum absolute atomic E-state index is 11.0. The highest BCUT2D eigenvalue weighted by Crippen LogP contribution is 2.63. The molecule has 2 aliphatic rings. The Labute approximate surface area is 91.0 Å². The van der Waals surface area contributed by atoms with Crippen LogP contribution in [0, 0.1) is 29.1 Å². The molecule has 0 saturated heterocycles. The molecule has 0 radical (unpaired) electrons. The minimum absolute atomic E-state index is 0.141. The van der Waals surface area contributed by atoms with E-state index in [0.29, 0.717) is 18.4 Å². The fourth-order valence-corrected chi connectivity index (χ4v) is 4.11. The summed E-state index contributed by atoms with van der Waals surface area (Å²) in [5, 5.41) is 9.04. The molecule has 0 aromatic heterocycles. The Hall–Kier alpha value is -0.570. The number of carbonyl (C=O) groups is 1. The first kappa shape index (κ1) is 10.9. The summed E-state index contributed by atoms with van der Waals surface area (Å²) < 4.78 is 0. The maximum atomic E-state index is 11.0. The number of rotatable bonds is 3. The largest absolute Gasteiger partial charge is 0.481 e. The lowest BCUT2D eigenvalue weighted by Crippen LogP contribution is -2.40. The molecular weight excluding hydrogens is 190 g/mol. The first-order valence-corrected chi connectivity index (χ1v) is 5.95. The van der Waals surface area contributed by atoms with Crippen LogP contribution in [-0.4, -0.2) is 17.6 Å². The molecule has 0 bridgehead atoms. The Morgan fingerprint density at radius 1 is 1.33 bits per heavy atom. The van der Waals surface area contributed by atoms with E-state index in [1.54, 1.807) is 0 Å². The van der Waals surface area contributed by atoms with Crippen LogP contribution in [0.5, 0.6) is 0 Å². The van der Waals surface area contributed by atoms with E-state index in [1.807, 2.05) is 0 Å². The molecule has 3 N–H and O–H groups in total. The lowest BCUT2D eigenvalue weighted by atomic mass is 9.70. The van der Waals surface area contributed by atoms with Crippen molar-refractivity contribution < 1.29 is 9.90 Å². The summed E-state index contributed by atoms with van der Waals surface area (Å²) in [5.74, 6) is 1.74. The van der Waals surface area contributed by atoms with Crippen molar-refractivity contribution in [2.45, 2.75) is 33.1 Å². The number of hydrogen-bond donors (Lipinski definition) is 2. The number of aliphatic carboxylic acids is 1. The van der Waals surface area contributed by atoms with Crippen molar-refractivity contribution in [1.82, 2.24) is 0 Å². The standard InChI is InChI=1S/C12H21NO2/c1-7-9-3-4-10(9)8(2)12(7,6-13)5-11(14)15/h7-10H,3-6,13H2,1-2H3,(H,14,15)/t7-,8+,9+,10-,12?. The molecule has 2 aliphatic carbocycles. The average molecular weight is 211 g/mol. The molecule has 3 heteroatoms. The molecule has 15 heavy (non-hydrogen) atoms. The quantitative estimate of drug-likeness (QED) is 0.747. The van der Waals surface area contributed by atoms with Crippen molar-refractivity contribution in [1.29, 1.82) is 0 Å². The Morgan fingerprint density at radius 2 is 1.80 bits per heavy atom. The highest BCUT2D eigenvalue weighted by atomic mass is 16.4. The molecule has 2 rings (SSSR count). The summed E-state index contributed by atoms with van der Waals surface area (Å²) in [5.41, 5.74) is 5.75. The van der Waals surface area contributed by atoms with Gasteiger partial charge in [-0.3, -0.25) is 4.79 Å². The molecule has 0 heterocycles. The summed E-state index contributed by atoms with van der Waals surface area (Å²) in [6, 6.07) is 0. The van der Waals surface area contributed by atoms with Crippen LogP contribution in [0.15, 0.2) is 0 Å². The van der Waals surface area contributed by atoms with Crippen LogP contribution in [0.4, 0.5) is 0 Å². The minimum atomic E-state index is -0.694. The average Bonchev–Trinajstić information content (AvgIpc) is 2.22. The summed E-state index contributed by atoms with van der Waals surface area (Å²) in [6.45, 7) is 4.93. The van der Waals surface area contributed by atoms with Gasteiger partial charge in [0.15, 0.2) is 0 Å². The first-order chi connectivity index (χ1) is 7.03. The number of carboxylic acid groups (broad SMARTS) is 1. The van der Waals surface area contributed by atoms with E-state index in [0.717, 1.165) is 11.8 Å². The molecule has 2 fully saturated rings. The second-order valence-electron chi connectivity index (χ2n) is 5.49. The van der Waals surface area contributed by atoms with E-state index in [2.05, 4.69) is 13.8 Å². The third-order valence-electron chi connectivity index (χ3n) is 5.34. The fraction of sp³-hybridized carbons (Fsp3) is 0.917. The number of carboxylic acids is 1. The highest BCUT2D eigenvalue weighted by Gasteiger charge is 2.59. The van der Waals surface area contributed by atoms with Crippen molar-refractivity contribution >= 4 is 5.97 Å². The highest BCUT2D eigenvalue weighted by molar-refractivity contribution is 5.68. The number of nitrogens with two attached hydrogens (primary N) is 1. The van der Waals surface area contributed by atoms with Gasteiger partial charge < -0.3 is 10.8 Å². The summed E-state index contributed by atoms with van der Waals surface area (Å²) >= 11 is 0. The van der Waals surface area contributed by atoms with Crippen molar-refractivity contribution in [2.75, 3.05) is 6.54 Å². The molecule has 0 amide bonds. The summed E-state index contributed by atoms with van der Waals surface area (Å²) in [4.78, 5) is 11.0. The van der Waals surface area contributed by atoms with Crippen LogP contribution in [0.1, 0.15) is 33.1 Å². The van der Waals surface area contributed by atoms with Gasteiger partial charge in [-0.1, -0.05) is 13.8 Å². The van der Waals surface area contributed by atoms with Crippen molar-refractivity contribution in [3.05, 3.63) is 0 Å². The zero-order chi connectivity index (χ0) is 11.2. The van der Waals surface area contributed by atoms with Crippen molar-refractivity contribution in [3.8, 4) is 0 Å². The SMILES string of the molecule is C[C@@H]1[C@@H]2CC[C@@H]2[C@H](C)C1(CN)CC(=O)O. The smallest absolute Gasteiger partial charge is 0.303 e. The van der Waals surface area contributed by atoms with Crippen molar-refractivity contribution in [2.24, 2.45) is 34.8 Å². The third kappa shape index (κ3) is 1.32. The van der Waals surface area contributed by atoms with E-state index in [4.69, 9.17) is 10.8 Å². The Bertz CT molecular complexity index is 261. The zero-order valence-corrected chi connectivity index (χ0v) is 9.57. The van der Waals surface area contributed by atoms with Gasteiger partial charge in [-0.25, -0.2) is 0 Å². The molecule has 2 saturated carbocycles. The van der Waals surface area contributed by atoms with E-state index in [1.165, 1.54) is 12.8 Å². The molecule has 86 valence electrons. The molecule has 0 aromatic rings. The topological polar surface area (TPSA) is 63.3 Å². The van der Waals surface area contributed by atoms with Crippen LogP contribution in [-0.2, 0) is 4.79 Å². The molecule has 1 unspecified atom stereocenters. The van der Waals surface area contributed by atoms with Crippen LogP contribution in [0.25, 0.3) is 0 Å². The fourth-order valence-electron chi connectivity index (χ4n) is 4.11. The van der Waals surface area contributed by atoms with Gasteiger partial charge in [0.1, 0.15) is 0 Å². The van der Waals surface area contributed by atoms with Crippen molar-refractivity contribution in [3.63, 3.8) is 0 Å². The van der Waals surface area contributed by atoms with E-state index in [9.17, 15) is 4.79 Å². The normalized spacial score (nSPS) is 48.5. The van der Waals surface area contributed by atoms with Gasteiger partial charge in [-0.05, 0) is 48.5 Å². The number of fused-ring (bicyclic) bond motifs is 1. The Morgan fingerprint density at radius 3 is 2.07 bits per heavy atom. The Balaban J connectivity index is 2.26. The van der Waals surface area contributed by atoms with E-state index < -0.39 is 5.97 Å². The van der Waals surface area contributed by atoms with Crippen LogP contribution in [0.2, 0.25) is 0 Å². The maximum Gasteiger partial charge on any atom is 0.303 e. The first-order valence-electron chi connectivity index (χ1n) is 5.95. The third-order valence-corrected chi connectivity index (χ3v) is 5.34. The minimum Gasteiger partial charge on any atom is -0.481 e. The lowest BCUT2D eigenvalue weighted by Gasteiger charge is -2.35. The van der Waals surface area contributed by atoms with Crippen LogP contribution in [0.3, 0.4) is 0 Å². The van der Waals surface area contributed by atoms with E-state index in [-0.39, 0.29) is 11.8 Å². The lowest BCUT2D eigenvalue weighted by molar-refractivity contribution is -0.141. The van der Waals surface area contributed by atoms with Gasteiger partial charge in [-0.2, -0.15) is 0 Å². The molecule has 3 nitrogen and oxygen atoms in total. The van der Waals surface area contributed by atoms with Gasteiger partial charge in [0.25, 0.3) is 0 Å².